The van der Waals surface area contributed by atoms with Crippen LogP contribution in [0.2, 0.25) is 5.02 Å². The fourth-order valence-electron chi connectivity index (χ4n) is 3.42. The molecule has 1 aromatic heterocycles. The Morgan fingerprint density at radius 3 is 2.40 bits per heavy atom. The third-order valence-electron chi connectivity index (χ3n) is 4.74. The van der Waals surface area contributed by atoms with Crippen molar-refractivity contribution in [2.24, 2.45) is 5.10 Å². The molecule has 3 rings (SSSR count). The molecule has 0 radical (unpaired) electrons. The summed E-state index contributed by atoms with van der Waals surface area (Å²) in [5.41, 5.74) is 9.45. The van der Waals surface area contributed by atoms with Gasteiger partial charge < -0.3 is 4.57 Å². The summed E-state index contributed by atoms with van der Waals surface area (Å²) >= 11 is 7.50. The molecule has 0 unspecified atom stereocenters. The highest BCUT2D eigenvalue weighted by atomic mass is 35.5. The fraction of sp³-hybridized carbons (Fsp3) is 0.250. The first-order chi connectivity index (χ1) is 14.3. The van der Waals surface area contributed by atoms with Gasteiger partial charge in [0, 0.05) is 44.7 Å². The zero-order valence-corrected chi connectivity index (χ0v) is 19.3. The molecular weight excluding hydrogens is 414 g/mol. The normalized spacial score (nSPS) is 11.2. The van der Waals surface area contributed by atoms with Gasteiger partial charge in [0.05, 0.1) is 6.21 Å². The van der Waals surface area contributed by atoms with E-state index in [-0.39, 0.29) is 5.91 Å². The summed E-state index contributed by atoms with van der Waals surface area (Å²) in [6.45, 7) is 8.35. The minimum absolute atomic E-state index is 0.101. The molecule has 0 atom stereocenters. The summed E-state index contributed by atoms with van der Waals surface area (Å²) in [7, 11) is 0. The highest BCUT2D eigenvalue weighted by molar-refractivity contribution is 7.99. The molecule has 30 heavy (non-hydrogen) atoms. The van der Waals surface area contributed by atoms with Gasteiger partial charge >= 0.3 is 0 Å². The summed E-state index contributed by atoms with van der Waals surface area (Å²) in [6, 6.07) is 16.2. The van der Waals surface area contributed by atoms with Crippen molar-refractivity contribution in [3.05, 3.63) is 81.6 Å². The molecule has 1 heterocycles. The number of nitrogens with one attached hydrogen (secondary N) is 1. The van der Waals surface area contributed by atoms with E-state index in [4.69, 9.17) is 11.6 Å². The number of thioether (sulfide) groups is 1. The molecule has 6 heteroatoms. The summed E-state index contributed by atoms with van der Waals surface area (Å²) in [5, 5.41) is 4.87. The number of rotatable bonds is 7. The number of hydrogen-bond donors (Lipinski definition) is 1. The topological polar surface area (TPSA) is 46.4 Å². The lowest BCUT2D eigenvalue weighted by molar-refractivity contribution is -0.120. The van der Waals surface area contributed by atoms with E-state index in [1.54, 1.807) is 18.0 Å². The maximum Gasteiger partial charge on any atom is 0.240 e. The zero-order valence-electron chi connectivity index (χ0n) is 17.7. The van der Waals surface area contributed by atoms with Crippen LogP contribution in [0.15, 0.2) is 58.5 Å². The monoisotopic (exact) mass is 439 g/mol. The molecule has 2 aromatic carbocycles. The van der Waals surface area contributed by atoms with E-state index in [0.29, 0.717) is 17.2 Å². The van der Waals surface area contributed by atoms with Crippen molar-refractivity contribution in [2.75, 3.05) is 5.75 Å². The van der Waals surface area contributed by atoms with E-state index in [9.17, 15) is 4.79 Å². The van der Waals surface area contributed by atoms with Crippen molar-refractivity contribution in [3.63, 3.8) is 0 Å². The van der Waals surface area contributed by atoms with E-state index in [0.717, 1.165) is 27.5 Å². The molecule has 4 nitrogen and oxygen atoms in total. The lowest BCUT2D eigenvalue weighted by Gasteiger charge is -2.11. The van der Waals surface area contributed by atoms with Crippen LogP contribution in [0.5, 0.6) is 0 Å². The molecule has 0 aliphatic carbocycles. The average molecular weight is 440 g/mol. The highest BCUT2D eigenvalue weighted by Gasteiger charge is 2.10. The Morgan fingerprint density at radius 1 is 1.07 bits per heavy atom. The summed E-state index contributed by atoms with van der Waals surface area (Å²) in [5.74, 6) is 0.584. The number of hydrazone groups is 1. The number of aryl methyl sites for hydroxylation is 3. The van der Waals surface area contributed by atoms with Gasteiger partial charge in [0.15, 0.2) is 0 Å². The van der Waals surface area contributed by atoms with Gasteiger partial charge in [0.1, 0.15) is 0 Å². The third-order valence-corrected chi connectivity index (χ3v) is 6.01. The number of amides is 1. The van der Waals surface area contributed by atoms with Crippen molar-refractivity contribution in [1.29, 1.82) is 0 Å². The molecule has 1 N–H and O–H groups in total. The molecule has 3 aromatic rings. The van der Waals surface area contributed by atoms with E-state index in [1.807, 2.05) is 24.3 Å². The second-order valence-corrected chi connectivity index (χ2v) is 8.96. The highest BCUT2D eigenvalue weighted by Crippen LogP contribution is 2.22. The molecule has 156 valence electrons. The second kappa shape index (κ2) is 10.0. The van der Waals surface area contributed by atoms with E-state index < -0.39 is 0 Å². The quantitative estimate of drug-likeness (QED) is 0.279. The van der Waals surface area contributed by atoms with Gasteiger partial charge in [-0.25, -0.2) is 5.43 Å². The second-order valence-electron chi connectivity index (χ2n) is 7.35. The number of carbonyl (C=O) groups excluding carboxylic acids is 1. The molecule has 1 amide bonds. The molecule has 0 bridgehead atoms. The van der Waals surface area contributed by atoms with Crippen LogP contribution in [0, 0.1) is 27.7 Å². The van der Waals surface area contributed by atoms with Gasteiger partial charge in [-0.15, -0.1) is 11.8 Å². The van der Waals surface area contributed by atoms with Gasteiger partial charge in [-0.2, -0.15) is 5.10 Å². The van der Waals surface area contributed by atoms with E-state index >= 15 is 0 Å². The van der Waals surface area contributed by atoms with Crippen LogP contribution in [0.3, 0.4) is 0 Å². The lowest BCUT2D eigenvalue weighted by Crippen LogP contribution is -2.17. The Hall–Kier alpha value is -2.50. The number of carbonyl (C=O) groups is 1. The number of halogens is 1. The SMILES string of the molecule is Cc1cc(C)cc(-n2c(C)cc(/C=N\NC(=O)CCSc3ccc(Cl)cc3)c2C)c1. The number of benzene rings is 2. The van der Waals surface area contributed by atoms with Gasteiger partial charge in [0.25, 0.3) is 0 Å². The molecule has 0 aliphatic rings. The molecule has 0 saturated carbocycles. The van der Waals surface area contributed by atoms with E-state index in [1.165, 1.54) is 11.1 Å². The van der Waals surface area contributed by atoms with Crippen molar-refractivity contribution in [1.82, 2.24) is 9.99 Å². The van der Waals surface area contributed by atoms with Crippen molar-refractivity contribution < 1.29 is 4.79 Å². The van der Waals surface area contributed by atoms with Crippen LogP contribution >= 0.6 is 23.4 Å². The molecule has 0 spiro atoms. The Labute approximate surface area is 187 Å². The Bertz CT molecular complexity index is 1050. The Kier molecular flexibility index (Phi) is 7.40. The van der Waals surface area contributed by atoms with Gasteiger partial charge in [-0.3, -0.25) is 4.79 Å². The predicted molar refractivity (Wildman–Crippen MR) is 127 cm³/mol. The summed E-state index contributed by atoms with van der Waals surface area (Å²) in [6.07, 6.45) is 2.11. The minimum Gasteiger partial charge on any atom is -0.318 e. The van der Waals surface area contributed by atoms with Crippen LogP contribution in [0.4, 0.5) is 0 Å². The van der Waals surface area contributed by atoms with E-state index in [2.05, 4.69) is 67.1 Å². The van der Waals surface area contributed by atoms with Gasteiger partial charge in [-0.1, -0.05) is 17.7 Å². The van der Waals surface area contributed by atoms with Crippen molar-refractivity contribution in [2.45, 2.75) is 39.0 Å². The van der Waals surface area contributed by atoms with Crippen LogP contribution in [0.1, 0.15) is 34.5 Å². The minimum atomic E-state index is -0.101. The predicted octanol–water partition coefficient (Wildman–Crippen LogP) is 6.00. The summed E-state index contributed by atoms with van der Waals surface area (Å²) < 4.78 is 2.21. The van der Waals surface area contributed by atoms with Crippen molar-refractivity contribution in [3.8, 4) is 5.69 Å². The first-order valence-corrected chi connectivity index (χ1v) is 11.2. The Balaban J connectivity index is 1.58. The molecule has 0 fully saturated rings. The van der Waals surface area contributed by atoms with Gasteiger partial charge in [-0.05, 0) is 81.3 Å². The number of aromatic nitrogens is 1. The first-order valence-electron chi connectivity index (χ1n) is 9.81. The fourth-order valence-corrected chi connectivity index (χ4v) is 4.40. The third kappa shape index (κ3) is 5.77. The lowest BCUT2D eigenvalue weighted by atomic mass is 10.1. The number of hydrogen-bond acceptors (Lipinski definition) is 3. The van der Waals surface area contributed by atoms with Crippen LogP contribution in [0.25, 0.3) is 5.69 Å². The standard InChI is InChI=1S/C24H26ClN3OS/c1-16-11-17(2)13-22(12-16)28-18(3)14-20(19(28)4)15-26-27-24(29)9-10-30-23-7-5-21(25)6-8-23/h5-8,11-15H,9-10H2,1-4H3,(H,27,29)/b26-15-. The smallest absolute Gasteiger partial charge is 0.240 e. The van der Waals surface area contributed by atoms with Gasteiger partial charge in [0.2, 0.25) is 5.91 Å². The largest absolute Gasteiger partial charge is 0.318 e. The zero-order chi connectivity index (χ0) is 21.7. The molecule has 0 saturated heterocycles. The van der Waals surface area contributed by atoms with Crippen molar-refractivity contribution >= 4 is 35.5 Å². The average Bonchev–Trinajstić information content (AvgIpc) is 2.96. The van der Waals surface area contributed by atoms with Crippen LogP contribution < -0.4 is 5.43 Å². The van der Waals surface area contributed by atoms with Crippen LogP contribution in [-0.4, -0.2) is 22.4 Å². The van der Waals surface area contributed by atoms with Crippen LogP contribution in [-0.2, 0) is 4.79 Å². The summed E-state index contributed by atoms with van der Waals surface area (Å²) in [4.78, 5) is 13.2. The molecule has 0 aliphatic heterocycles. The maximum absolute atomic E-state index is 12.1. The molecular formula is C24H26ClN3OS. The number of nitrogens with zero attached hydrogens (tertiary/aromatic N) is 2. The Morgan fingerprint density at radius 2 is 1.73 bits per heavy atom. The maximum atomic E-state index is 12.1. The first kappa shape index (κ1) is 22.2.